The van der Waals surface area contributed by atoms with Crippen molar-refractivity contribution in [2.45, 2.75) is 25.3 Å². The number of para-hydroxylation sites is 1. The Morgan fingerprint density at radius 3 is 2.42 bits per heavy atom. The molecule has 1 heterocycles. The number of nitrogens with one attached hydrogen (secondary N) is 2. The first-order chi connectivity index (χ1) is 12.3. The highest BCUT2D eigenvalue weighted by molar-refractivity contribution is 14.0. The number of hydrogen-bond acceptors (Lipinski definition) is 2. The summed E-state index contributed by atoms with van der Waals surface area (Å²) in [6.07, 6.45) is 1.13. The summed E-state index contributed by atoms with van der Waals surface area (Å²) in [4.78, 5) is 6.82. The van der Waals surface area contributed by atoms with Crippen molar-refractivity contribution >= 4 is 35.6 Å². The second-order valence-corrected chi connectivity index (χ2v) is 6.68. The lowest BCUT2D eigenvalue weighted by molar-refractivity contribution is 0.634. The summed E-state index contributed by atoms with van der Waals surface area (Å²) in [7, 11) is 1.84. The molecule has 1 aliphatic rings. The zero-order valence-corrected chi connectivity index (χ0v) is 17.9. The summed E-state index contributed by atoms with van der Waals surface area (Å²) < 4.78 is 0. The Bertz CT molecular complexity index is 675. The van der Waals surface area contributed by atoms with E-state index in [2.05, 4.69) is 88.1 Å². The normalized spacial score (nSPS) is 18.2. The van der Waals surface area contributed by atoms with Crippen molar-refractivity contribution in [3.05, 3.63) is 66.2 Å². The Morgan fingerprint density at radius 1 is 1.12 bits per heavy atom. The largest absolute Gasteiger partial charge is 0.369 e. The molecule has 2 atom stereocenters. The lowest BCUT2D eigenvalue weighted by atomic mass is 10.0. The van der Waals surface area contributed by atoms with Gasteiger partial charge in [0, 0.05) is 38.4 Å². The number of anilines is 1. The third kappa shape index (κ3) is 5.62. The van der Waals surface area contributed by atoms with Crippen LogP contribution in [-0.2, 0) is 0 Å². The SMILES string of the molecule is CN=C(NCC(C)c1ccccc1)NC1CCN(c2ccccc2)C1.I. The number of benzene rings is 2. The average Bonchev–Trinajstić information content (AvgIpc) is 3.15. The van der Waals surface area contributed by atoms with Gasteiger partial charge in [-0.3, -0.25) is 4.99 Å². The summed E-state index contributed by atoms with van der Waals surface area (Å²) in [5.41, 5.74) is 2.65. The maximum Gasteiger partial charge on any atom is 0.191 e. The fraction of sp³-hybridized carbons (Fsp3) is 0.381. The van der Waals surface area contributed by atoms with E-state index in [-0.39, 0.29) is 24.0 Å². The lowest BCUT2D eigenvalue weighted by Gasteiger charge is -2.21. The number of aliphatic imine (C=N–C) groups is 1. The lowest BCUT2D eigenvalue weighted by Crippen LogP contribution is -2.45. The van der Waals surface area contributed by atoms with Gasteiger partial charge in [0.25, 0.3) is 0 Å². The Balaban J connectivity index is 0.00000243. The Morgan fingerprint density at radius 2 is 1.77 bits per heavy atom. The van der Waals surface area contributed by atoms with Crippen LogP contribution in [0.1, 0.15) is 24.8 Å². The topological polar surface area (TPSA) is 39.7 Å². The zero-order chi connectivity index (χ0) is 17.5. The fourth-order valence-corrected chi connectivity index (χ4v) is 3.29. The minimum atomic E-state index is 0. The maximum absolute atomic E-state index is 4.39. The van der Waals surface area contributed by atoms with Gasteiger partial charge in [0.15, 0.2) is 5.96 Å². The van der Waals surface area contributed by atoms with E-state index in [9.17, 15) is 0 Å². The Kier molecular flexibility index (Phi) is 8.22. The maximum atomic E-state index is 4.39. The van der Waals surface area contributed by atoms with E-state index in [1.165, 1.54) is 11.3 Å². The van der Waals surface area contributed by atoms with Crippen LogP contribution in [0.4, 0.5) is 5.69 Å². The van der Waals surface area contributed by atoms with Crippen molar-refractivity contribution < 1.29 is 0 Å². The number of guanidine groups is 1. The summed E-state index contributed by atoms with van der Waals surface area (Å²) in [6.45, 7) is 5.21. The number of hydrogen-bond donors (Lipinski definition) is 2. The summed E-state index contributed by atoms with van der Waals surface area (Å²) in [5.74, 6) is 1.34. The van der Waals surface area contributed by atoms with Crippen LogP contribution in [0.5, 0.6) is 0 Å². The fourth-order valence-electron chi connectivity index (χ4n) is 3.29. The molecule has 26 heavy (non-hydrogen) atoms. The second-order valence-electron chi connectivity index (χ2n) is 6.68. The van der Waals surface area contributed by atoms with Gasteiger partial charge in [-0.05, 0) is 30.0 Å². The van der Waals surface area contributed by atoms with Gasteiger partial charge in [-0.1, -0.05) is 55.5 Å². The van der Waals surface area contributed by atoms with Gasteiger partial charge in [-0.25, -0.2) is 0 Å². The average molecular weight is 464 g/mol. The molecular weight excluding hydrogens is 435 g/mol. The van der Waals surface area contributed by atoms with Crippen molar-refractivity contribution in [3.63, 3.8) is 0 Å². The van der Waals surface area contributed by atoms with Crippen LogP contribution in [0.25, 0.3) is 0 Å². The molecule has 4 nitrogen and oxygen atoms in total. The van der Waals surface area contributed by atoms with Gasteiger partial charge in [0.1, 0.15) is 0 Å². The van der Waals surface area contributed by atoms with E-state index in [4.69, 9.17) is 0 Å². The molecule has 0 aromatic heterocycles. The van der Waals surface area contributed by atoms with Gasteiger partial charge in [0.05, 0.1) is 0 Å². The molecule has 5 heteroatoms. The van der Waals surface area contributed by atoms with Crippen LogP contribution in [0.2, 0.25) is 0 Å². The number of nitrogens with zero attached hydrogens (tertiary/aromatic N) is 2. The van der Waals surface area contributed by atoms with Crippen molar-refractivity contribution in [1.82, 2.24) is 10.6 Å². The molecule has 1 fully saturated rings. The first kappa shape index (κ1) is 20.6. The van der Waals surface area contributed by atoms with Crippen molar-refractivity contribution in [2.75, 3.05) is 31.6 Å². The van der Waals surface area contributed by atoms with Crippen LogP contribution in [0.3, 0.4) is 0 Å². The number of halogens is 1. The van der Waals surface area contributed by atoms with Gasteiger partial charge < -0.3 is 15.5 Å². The molecule has 2 aromatic carbocycles. The molecule has 0 saturated carbocycles. The zero-order valence-electron chi connectivity index (χ0n) is 15.6. The van der Waals surface area contributed by atoms with E-state index in [1.807, 2.05) is 7.05 Å². The highest BCUT2D eigenvalue weighted by Gasteiger charge is 2.23. The molecule has 2 N–H and O–H groups in total. The summed E-state index contributed by atoms with van der Waals surface area (Å²) >= 11 is 0. The van der Waals surface area contributed by atoms with Crippen LogP contribution in [0.15, 0.2) is 65.7 Å². The molecule has 0 spiro atoms. The molecule has 2 unspecified atom stereocenters. The number of rotatable bonds is 5. The third-order valence-electron chi connectivity index (χ3n) is 4.82. The van der Waals surface area contributed by atoms with Gasteiger partial charge in [-0.2, -0.15) is 0 Å². The van der Waals surface area contributed by atoms with Crippen molar-refractivity contribution in [3.8, 4) is 0 Å². The second kappa shape index (κ2) is 10.4. The molecule has 1 saturated heterocycles. The van der Waals surface area contributed by atoms with E-state index in [0.29, 0.717) is 12.0 Å². The van der Waals surface area contributed by atoms with E-state index >= 15 is 0 Å². The van der Waals surface area contributed by atoms with Crippen LogP contribution < -0.4 is 15.5 Å². The Hall–Kier alpha value is -1.76. The highest BCUT2D eigenvalue weighted by Crippen LogP contribution is 2.19. The van der Waals surface area contributed by atoms with Gasteiger partial charge in [0.2, 0.25) is 0 Å². The summed E-state index contributed by atoms with van der Waals surface area (Å²) in [6, 6.07) is 21.6. The van der Waals surface area contributed by atoms with E-state index in [0.717, 1.165) is 32.0 Å². The minimum absolute atomic E-state index is 0. The van der Waals surface area contributed by atoms with E-state index in [1.54, 1.807) is 0 Å². The summed E-state index contributed by atoms with van der Waals surface area (Å²) in [5, 5.41) is 7.04. The van der Waals surface area contributed by atoms with Crippen LogP contribution in [-0.4, -0.2) is 38.7 Å². The first-order valence-electron chi connectivity index (χ1n) is 9.08. The molecule has 1 aliphatic heterocycles. The van der Waals surface area contributed by atoms with Crippen molar-refractivity contribution in [2.24, 2.45) is 4.99 Å². The molecule has 0 aliphatic carbocycles. The molecule has 0 amide bonds. The molecule has 0 radical (unpaired) electrons. The Labute approximate surface area is 174 Å². The first-order valence-corrected chi connectivity index (χ1v) is 9.08. The minimum Gasteiger partial charge on any atom is -0.369 e. The highest BCUT2D eigenvalue weighted by atomic mass is 127. The smallest absolute Gasteiger partial charge is 0.191 e. The van der Waals surface area contributed by atoms with Gasteiger partial charge >= 0.3 is 0 Å². The van der Waals surface area contributed by atoms with Crippen LogP contribution in [0, 0.1) is 0 Å². The molecule has 2 aromatic rings. The van der Waals surface area contributed by atoms with Crippen molar-refractivity contribution in [1.29, 1.82) is 0 Å². The predicted octanol–water partition coefficient (Wildman–Crippen LogP) is 3.85. The predicted molar refractivity (Wildman–Crippen MR) is 122 cm³/mol. The monoisotopic (exact) mass is 464 g/mol. The molecular formula is C21H29IN4. The molecule has 0 bridgehead atoms. The standard InChI is InChI=1S/C21H28N4.HI/c1-17(18-9-5-3-6-10-18)15-23-21(22-2)24-19-13-14-25(16-19)20-11-7-4-8-12-20;/h3-12,17,19H,13-16H2,1-2H3,(H2,22,23,24);1H. The molecule has 140 valence electrons. The van der Waals surface area contributed by atoms with E-state index < -0.39 is 0 Å². The third-order valence-corrected chi connectivity index (χ3v) is 4.82. The molecule has 3 rings (SSSR count). The van der Waals surface area contributed by atoms with Crippen LogP contribution >= 0.6 is 24.0 Å². The van der Waals surface area contributed by atoms with Gasteiger partial charge in [-0.15, -0.1) is 24.0 Å². The quantitative estimate of drug-likeness (QED) is 0.401.